The summed E-state index contributed by atoms with van der Waals surface area (Å²) in [6.45, 7) is 6.90. The highest BCUT2D eigenvalue weighted by molar-refractivity contribution is 5.85. The maximum Gasteiger partial charge on any atom is 0.237 e. The van der Waals surface area contributed by atoms with E-state index >= 15 is 0 Å². The number of rotatable bonds is 8. The minimum absolute atomic E-state index is 0. The molecule has 0 heterocycles. The van der Waals surface area contributed by atoms with E-state index in [9.17, 15) is 4.79 Å². The van der Waals surface area contributed by atoms with Crippen molar-refractivity contribution >= 4 is 18.3 Å². The fourth-order valence-electron chi connectivity index (χ4n) is 1.72. The number of hydrogen-bond donors (Lipinski definition) is 2. The number of halogens is 1. The molecule has 0 aliphatic rings. The maximum atomic E-state index is 11.8. The minimum Gasteiger partial charge on any atom is -0.493 e. The highest BCUT2D eigenvalue weighted by Gasteiger charge is 2.17. The Hall–Kier alpha value is -1.46. The molecule has 5 nitrogen and oxygen atoms in total. The Bertz CT molecular complexity index is 455. The van der Waals surface area contributed by atoms with E-state index in [4.69, 9.17) is 15.2 Å². The van der Waals surface area contributed by atoms with Crippen LogP contribution in [0.3, 0.4) is 0 Å². The lowest BCUT2D eigenvalue weighted by Crippen LogP contribution is -2.45. The maximum absolute atomic E-state index is 11.8. The largest absolute Gasteiger partial charge is 0.493 e. The second-order valence-electron chi connectivity index (χ2n) is 5.58. The van der Waals surface area contributed by atoms with E-state index in [0.29, 0.717) is 24.7 Å². The van der Waals surface area contributed by atoms with Crippen molar-refractivity contribution in [3.8, 4) is 11.5 Å². The molecule has 2 atom stereocenters. The van der Waals surface area contributed by atoms with Crippen molar-refractivity contribution in [3.63, 3.8) is 0 Å². The summed E-state index contributed by atoms with van der Waals surface area (Å²) in [4.78, 5) is 11.8. The smallest absolute Gasteiger partial charge is 0.237 e. The molecule has 1 amide bonds. The summed E-state index contributed by atoms with van der Waals surface area (Å²) in [6, 6.07) is 7.03. The zero-order chi connectivity index (χ0) is 15.8. The van der Waals surface area contributed by atoms with E-state index in [2.05, 4.69) is 5.32 Å². The molecule has 0 radical (unpaired) electrons. The van der Waals surface area contributed by atoms with Gasteiger partial charge in [0.05, 0.1) is 19.8 Å². The second kappa shape index (κ2) is 10.3. The molecular weight excluding hydrogens is 304 g/mol. The van der Waals surface area contributed by atoms with Crippen molar-refractivity contribution in [2.24, 2.45) is 17.6 Å². The van der Waals surface area contributed by atoms with Gasteiger partial charge in [0.15, 0.2) is 11.5 Å². The van der Waals surface area contributed by atoms with Crippen LogP contribution in [0.1, 0.15) is 20.8 Å². The summed E-state index contributed by atoms with van der Waals surface area (Å²) < 4.78 is 10.9. The number of nitrogens with one attached hydrogen (secondary N) is 1. The zero-order valence-corrected chi connectivity index (χ0v) is 14.5. The van der Waals surface area contributed by atoms with E-state index in [1.807, 2.05) is 45.0 Å². The first-order chi connectivity index (χ1) is 9.95. The topological polar surface area (TPSA) is 73.6 Å². The third-order valence-corrected chi connectivity index (χ3v) is 3.24. The Morgan fingerprint density at radius 1 is 1.23 bits per heavy atom. The predicted octanol–water partition coefficient (Wildman–Crippen LogP) is 2.23. The van der Waals surface area contributed by atoms with Crippen LogP contribution in [-0.4, -0.2) is 32.2 Å². The molecule has 0 fully saturated rings. The first-order valence-corrected chi connectivity index (χ1v) is 7.24. The number of benzene rings is 1. The van der Waals surface area contributed by atoms with Gasteiger partial charge in [-0.25, -0.2) is 0 Å². The van der Waals surface area contributed by atoms with Crippen LogP contribution in [-0.2, 0) is 4.79 Å². The van der Waals surface area contributed by atoms with Crippen molar-refractivity contribution in [1.82, 2.24) is 5.32 Å². The summed E-state index contributed by atoms with van der Waals surface area (Å²) in [6.07, 6.45) is 0. The lowest BCUT2D eigenvalue weighted by molar-refractivity contribution is -0.123. The summed E-state index contributed by atoms with van der Waals surface area (Å²) >= 11 is 0. The molecule has 0 saturated carbocycles. The van der Waals surface area contributed by atoms with Gasteiger partial charge in [0.1, 0.15) is 0 Å². The number of nitrogens with two attached hydrogens (primary N) is 1. The van der Waals surface area contributed by atoms with Gasteiger partial charge in [-0.3, -0.25) is 4.79 Å². The highest BCUT2D eigenvalue weighted by Crippen LogP contribution is 2.26. The summed E-state index contributed by atoms with van der Waals surface area (Å²) in [5.41, 5.74) is 5.79. The molecule has 126 valence electrons. The molecule has 1 unspecified atom stereocenters. The van der Waals surface area contributed by atoms with Gasteiger partial charge < -0.3 is 20.5 Å². The molecule has 0 spiro atoms. The molecule has 1 aromatic rings. The fourth-order valence-corrected chi connectivity index (χ4v) is 1.72. The third kappa shape index (κ3) is 6.54. The molecule has 6 heteroatoms. The van der Waals surface area contributed by atoms with Crippen molar-refractivity contribution in [2.75, 3.05) is 20.3 Å². The molecule has 0 saturated heterocycles. The van der Waals surface area contributed by atoms with Crippen molar-refractivity contribution in [2.45, 2.75) is 26.8 Å². The third-order valence-electron chi connectivity index (χ3n) is 3.24. The summed E-state index contributed by atoms with van der Waals surface area (Å²) in [5.74, 6) is 1.60. The molecule has 0 aliphatic heterocycles. The monoisotopic (exact) mass is 330 g/mol. The van der Waals surface area contributed by atoms with Crippen LogP contribution in [0.5, 0.6) is 11.5 Å². The van der Waals surface area contributed by atoms with Gasteiger partial charge in [0, 0.05) is 12.5 Å². The van der Waals surface area contributed by atoms with Crippen molar-refractivity contribution < 1.29 is 14.3 Å². The highest BCUT2D eigenvalue weighted by atomic mass is 35.5. The quantitative estimate of drug-likeness (QED) is 0.766. The number of para-hydroxylation sites is 2. The number of amides is 1. The Morgan fingerprint density at radius 3 is 2.36 bits per heavy atom. The molecule has 0 aromatic heterocycles. The molecule has 0 aliphatic carbocycles. The molecule has 1 rings (SSSR count). The van der Waals surface area contributed by atoms with E-state index < -0.39 is 6.04 Å². The van der Waals surface area contributed by atoms with Crippen LogP contribution in [0.25, 0.3) is 0 Å². The fraction of sp³-hybridized carbons (Fsp3) is 0.562. The number of carbonyl (C=O) groups excluding carboxylic acids is 1. The average Bonchev–Trinajstić information content (AvgIpc) is 2.49. The predicted molar refractivity (Wildman–Crippen MR) is 90.7 cm³/mol. The number of hydrogen-bond acceptors (Lipinski definition) is 4. The van der Waals surface area contributed by atoms with Crippen LogP contribution >= 0.6 is 12.4 Å². The molecule has 1 aromatic carbocycles. The minimum atomic E-state index is -0.465. The van der Waals surface area contributed by atoms with Gasteiger partial charge in [-0.2, -0.15) is 0 Å². The Labute approximate surface area is 139 Å². The number of ether oxygens (including phenoxy) is 2. The zero-order valence-electron chi connectivity index (χ0n) is 13.7. The van der Waals surface area contributed by atoms with E-state index in [1.54, 1.807) is 7.11 Å². The van der Waals surface area contributed by atoms with Crippen LogP contribution < -0.4 is 20.5 Å². The van der Waals surface area contributed by atoms with Crippen molar-refractivity contribution in [1.29, 1.82) is 0 Å². The van der Waals surface area contributed by atoms with Gasteiger partial charge in [-0.05, 0) is 18.1 Å². The second-order valence-corrected chi connectivity index (χ2v) is 5.58. The lowest BCUT2D eigenvalue weighted by atomic mass is 10.0. The molecular formula is C16H27ClN2O3. The van der Waals surface area contributed by atoms with Gasteiger partial charge in [-0.1, -0.05) is 32.9 Å². The van der Waals surface area contributed by atoms with Gasteiger partial charge in [0.2, 0.25) is 5.91 Å². The van der Waals surface area contributed by atoms with Gasteiger partial charge >= 0.3 is 0 Å². The van der Waals surface area contributed by atoms with Crippen LogP contribution in [0.2, 0.25) is 0 Å². The van der Waals surface area contributed by atoms with Crippen molar-refractivity contribution in [3.05, 3.63) is 24.3 Å². The standard InChI is InChI=1S/C16H26N2O3.ClH/c1-11(2)15(17)16(19)18-9-12(3)10-21-14-8-6-5-7-13(14)20-4;/h5-8,11-12,15H,9-10,17H2,1-4H3,(H,18,19);1H/t12?,15-;/m0./s1. The van der Waals surface area contributed by atoms with E-state index in [1.165, 1.54) is 0 Å². The number of carbonyl (C=O) groups is 1. The lowest BCUT2D eigenvalue weighted by Gasteiger charge is -2.18. The summed E-state index contributed by atoms with van der Waals surface area (Å²) in [5, 5.41) is 2.85. The summed E-state index contributed by atoms with van der Waals surface area (Å²) in [7, 11) is 1.61. The SMILES string of the molecule is COc1ccccc1OCC(C)CNC(=O)[C@@H](N)C(C)C.Cl. The molecule has 22 heavy (non-hydrogen) atoms. The molecule has 3 N–H and O–H groups in total. The normalized spacial score (nSPS) is 13.0. The van der Waals surface area contributed by atoms with Crippen LogP contribution in [0, 0.1) is 11.8 Å². The Kier molecular flexibility index (Phi) is 9.61. The first kappa shape index (κ1) is 20.5. The Balaban J connectivity index is 0.00000441. The van der Waals surface area contributed by atoms with Crippen LogP contribution in [0.15, 0.2) is 24.3 Å². The van der Waals surface area contributed by atoms with Gasteiger partial charge in [-0.15, -0.1) is 12.4 Å². The average molecular weight is 331 g/mol. The Morgan fingerprint density at radius 2 is 1.82 bits per heavy atom. The van der Waals surface area contributed by atoms with Gasteiger partial charge in [0.25, 0.3) is 0 Å². The first-order valence-electron chi connectivity index (χ1n) is 7.24. The van der Waals surface area contributed by atoms with Crippen LogP contribution in [0.4, 0.5) is 0 Å². The number of methoxy groups -OCH3 is 1. The van der Waals surface area contributed by atoms with E-state index in [0.717, 1.165) is 0 Å². The van der Waals surface area contributed by atoms with E-state index in [-0.39, 0.29) is 30.2 Å². The molecule has 0 bridgehead atoms.